The van der Waals surface area contributed by atoms with Gasteiger partial charge in [-0.15, -0.1) is 0 Å². The first kappa shape index (κ1) is 20.5. The van der Waals surface area contributed by atoms with Crippen molar-refractivity contribution < 1.29 is 29.1 Å². The normalized spacial score (nSPS) is 29.5. The average molecular weight is 414 g/mol. The summed E-state index contributed by atoms with van der Waals surface area (Å²) in [4.78, 5) is 36.7. The maximum atomic E-state index is 12.6. The number of hydrogen-bond donors (Lipinski definition) is 2. The van der Waals surface area contributed by atoms with Crippen molar-refractivity contribution in [3.63, 3.8) is 0 Å². The van der Waals surface area contributed by atoms with Gasteiger partial charge in [0.25, 0.3) is 5.91 Å². The number of carbonyl (C=O) groups is 3. The summed E-state index contributed by atoms with van der Waals surface area (Å²) in [6, 6.07) is 6.06. The molecule has 160 valence electrons. The highest BCUT2D eigenvalue weighted by atomic mass is 16.5. The van der Waals surface area contributed by atoms with Gasteiger partial charge in [-0.3, -0.25) is 9.59 Å². The number of nitrogens with zero attached hydrogens (tertiary/aromatic N) is 1. The lowest BCUT2D eigenvalue weighted by Gasteiger charge is -2.56. The second kappa shape index (κ2) is 8.18. The lowest BCUT2D eigenvalue weighted by molar-refractivity contribution is -0.166. The molecule has 1 amide bonds. The van der Waals surface area contributed by atoms with Crippen molar-refractivity contribution in [2.45, 2.75) is 44.1 Å². The molecule has 0 saturated heterocycles. The molecular weight excluding hydrogens is 388 g/mol. The van der Waals surface area contributed by atoms with Gasteiger partial charge in [0, 0.05) is 5.69 Å². The van der Waals surface area contributed by atoms with Crippen LogP contribution < -0.4 is 5.32 Å². The van der Waals surface area contributed by atoms with Gasteiger partial charge in [-0.2, -0.15) is 0 Å². The third-order valence-electron chi connectivity index (χ3n) is 6.61. The van der Waals surface area contributed by atoms with Crippen LogP contribution in [0.5, 0.6) is 0 Å². The Morgan fingerprint density at radius 2 is 1.77 bits per heavy atom. The zero-order valence-electron chi connectivity index (χ0n) is 16.9. The van der Waals surface area contributed by atoms with Crippen LogP contribution >= 0.6 is 0 Å². The van der Waals surface area contributed by atoms with Crippen LogP contribution in [0.25, 0.3) is 0 Å². The Balaban J connectivity index is 1.37. The van der Waals surface area contributed by atoms with Crippen molar-refractivity contribution in [3.8, 4) is 0 Å². The van der Waals surface area contributed by atoms with Crippen molar-refractivity contribution >= 4 is 29.1 Å². The number of anilines is 1. The molecule has 4 aliphatic carbocycles. The van der Waals surface area contributed by atoms with E-state index >= 15 is 0 Å². The lowest BCUT2D eigenvalue weighted by Crippen LogP contribution is -2.52. The van der Waals surface area contributed by atoms with Gasteiger partial charge in [-0.05, 0) is 74.5 Å². The quantitative estimate of drug-likeness (QED) is 0.233. The van der Waals surface area contributed by atoms with Crippen molar-refractivity contribution in [1.82, 2.24) is 0 Å². The predicted octanol–water partition coefficient (Wildman–Crippen LogP) is 2.80. The van der Waals surface area contributed by atoms with Gasteiger partial charge >= 0.3 is 5.97 Å². The summed E-state index contributed by atoms with van der Waals surface area (Å²) in [7, 11) is 1.26. The Bertz CT molecular complexity index is 858. The van der Waals surface area contributed by atoms with E-state index in [2.05, 4.69) is 15.2 Å². The summed E-state index contributed by atoms with van der Waals surface area (Å²) >= 11 is 0. The van der Waals surface area contributed by atoms with Crippen molar-refractivity contribution in [3.05, 3.63) is 29.8 Å². The molecule has 1 aromatic carbocycles. The van der Waals surface area contributed by atoms with Crippen LogP contribution in [0.4, 0.5) is 5.69 Å². The molecule has 0 heterocycles. The molecule has 0 unspecified atom stereocenters. The first-order valence-electron chi connectivity index (χ1n) is 10.3. The highest BCUT2D eigenvalue weighted by molar-refractivity contribution is 6.67. The number of amides is 1. The summed E-state index contributed by atoms with van der Waals surface area (Å²) in [5.41, 5.74) is -0.382. The number of rotatable bonds is 7. The predicted molar refractivity (Wildman–Crippen MR) is 107 cm³/mol. The number of benzene rings is 1. The third kappa shape index (κ3) is 4.09. The lowest BCUT2D eigenvalue weighted by atomic mass is 9.54. The van der Waals surface area contributed by atoms with Crippen LogP contribution in [0.2, 0.25) is 0 Å². The van der Waals surface area contributed by atoms with Crippen LogP contribution in [0, 0.1) is 17.8 Å². The molecule has 0 spiro atoms. The SMILES string of the molecule is COC(=O)c1cccc(NC(=O)C(=NO)C(=O)COC23CC4CC(CC(C4)C2)C3)c1. The maximum absolute atomic E-state index is 12.6. The number of Topliss-reactive ketones (excluding diaryl/α,β-unsaturated/α-hetero) is 1. The first-order chi connectivity index (χ1) is 14.4. The minimum atomic E-state index is -0.862. The molecular formula is C22H26N2O6. The van der Waals surface area contributed by atoms with Crippen LogP contribution in [-0.4, -0.2) is 47.9 Å². The van der Waals surface area contributed by atoms with Gasteiger partial charge in [0.2, 0.25) is 11.5 Å². The third-order valence-corrected chi connectivity index (χ3v) is 6.61. The minimum Gasteiger partial charge on any atom is -0.465 e. The monoisotopic (exact) mass is 414 g/mol. The van der Waals surface area contributed by atoms with Gasteiger partial charge in [-0.25, -0.2) is 4.79 Å². The first-order valence-corrected chi connectivity index (χ1v) is 10.3. The van der Waals surface area contributed by atoms with E-state index in [1.54, 1.807) is 12.1 Å². The second-order valence-electron chi connectivity index (χ2n) is 8.79. The molecule has 5 rings (SSSR count). The molecule has 2 N–H and O–H groups in total. The summed E-state index contributed by atoms with van der Waals surface area (Å²) in [6.45, 7) is -0.291. The Kier molecular flexibility index (Phi) is 5.60. The van der Waals surface area contributed by atoms with E-state index < -0.39 is 23.4 Å². The van der Waals surface area contributed by atoms with Crippen LogP contribution in [0.1, 0.15) is 48.9 Å². The molecule has 0 radical (unpaired) electrons. The second-order valence-corrected chi connectivity index (χ2v) is 8.79. The Labute approximate surface area is 174 Å². The fraction of sp³-hybridized carbons (Fsp3) is 0.545. The number of carbonyl (C=O) groups excluding carboxylic acids is 3. The van der Waals surface area contributed by atoms with Gasteiger partial charge in [0.1, 0.15) is 6.61 Å². The van der Waals surface area contributed by atoms with Crippen molar-refractivity contribution in [1.29, 1.82) is 0 Å². The molecule has 0 atom stereocenters. The number of hydrogen-bond acceptors (Lipinski definition) is 7. The standard InChI is InChI=1S/C22H26N2O6/c1-29-21(27)16-3-2-4-17(8-16)23-20(26)19(24-28)18(25)12-30-22-9-13-5-14(10-22)7-15(6-13)11-22/h2-4,8,13-15,28H,5-7,9-12H2,1H3,(H,23,26). The number of ether oxygens (including phenoxy) is 2. The fourth-order valence-corrected chi connectivity index (χ4v) is 5.75. The number of methoxy groups -OCH3 is 1. The van der Waals surface area contributed by atoms with E-state index in [0.717, 1.165) is 19.3 Å². The zero-order valence-corrected chi connectivity index (χ0v) is 16.9. The van der Waals surface area contributed by atoms with E-state index in [0.29, 0.717) is 17.8 Å². The molecule has 4 saturated carbocycles. The molecule has 0 aliphatic heterocycles. The van der Waals surface area contributed by atoms with Gasteiger partial charge < -0.3 is 20.0 Å². The van der Waals surface area contributed by atoms with E-state index in [-0.39, 0.29) is 23.5 Å². The molecule has 8 heteroatoms. The van der Waals surface area contributed by atoms with Crippen LogP contribution in [0.15, 0.2) is 29.4 Å². The van der Waals surface area contributed by atoms with Gasteiger partial charge in [0.05, 0.1) is 18.3 Å². The van der Waals surface area contributed by atoms with Crippen molar-refractivity contribution in [2.75, 3.05) is 19.0 Å². The molecule has 1 aromatic rings. The molecule has 8 nitrogen and oxygen atoms in total. The summed E-state index contributed by atoms with van der Waals surface area (Å²) in [6.07, 6.45) is 6.66. The topological polar surface area (TPSA) is 114 Å². The molecule has 4 fully saturated rings. The Hall–Kier alpha value is -2.74. The Morgan fingerprint density at radius 3 is 2.33 bits per heavy atom. The number of ketones is 1. The zero-order chi connectivity index (χ0) is 21.3. The number of nitrogens with one attached hydrogen (secondary N) is 1. The van der Waals surface area contributed by atoms with Crippen molar-refractivity contribution in [2.24, 2.45) is 22.9 Å². The smallest absolute Gasteiger partial charge is 0.337 e. The Morgan fingerprint density at radius 1 is 1.13 bits per heavy atom. The number of oxime groups is 1. The molecule has 4 aliphatic rings. The van der Waals surface area contributed by atoms with E-state index in [1.807, 2.05) is 0 Å². The van der Waals surface area contributed by atoms with Crippen LogP contribution in [-0.2, 0) is 19.1 Å². The summed E-state index contributed by atoms with van der Waals surface area (Å²) in [5, 5.41) is 14.6. The fourth-order valence-electron chi connectivity index (χ4n) is 5.75. The van der Waals surface area contributed by atoms with E-state index in [9.17, 15) is 19.6 Å². The summed E-state index contributed by atoms with van der Waals surface area (Å²) < 4.78 is 10.7. The molecule has 30 heavy (non-hydrogen) atoms. The number of esters is 1. The molecule has 0 aromatic heterocycles. The van der Waals surface area contributed by atoms with Gasteiger partial charge in [0.15, 0.2) is 0 Å². The highest BCUT2D eigenvalue weighted by Crippen LogP contribution is 2.57. The van der Waals surface area contributed by atoms with E-state index in [4.69, 9.17) is 4.74 Å². The van der Waals surface area contributed by atoms with Gasteiger partial charge in [-0.1, -0.05) is 11.2 Å². The van der Waals surface area contributed by atoms with E-state index in [1.165, 1.54) is 38.5 Å². The minimum absolute atomic E-state index is 0.245. The maximum Gasteiger partial charge on any atom is 0.337 e. The molecule has 4 bridgehead atoms. The summed E-state index contributed by atoms with van der Waals surface area (Å²) in [5.74, 6) is -0.0798. The largest absolute Gasteiger partial charge is 0.465 e. The van der Waals surface area contributed by atoms with Crippen LogP contribution in [0.3, 0.4) is 0 Å². The average Bonchev–Trinajstić information content (AvgIpc) is 2.71. The highest BCUT2D eigenvalue weighted by Gasteiger charge is 2.52.